The highest BCUT2D eigenvalue weighted by molar-refractivity contribution is 9.10. The van der Waals surface area contributed by atoms with Crippen LogP contribution in [-0.2, 0) is 0 Å². The number of benzene rings is 1. The Hall–Kier alpha value is -1.29. The molecule has 0 fully saturated rings. The molecule has 3 nitrogen and oxygen atoms in total. The number of carbonyl (C=O) groups is 1. The average Bonchev–Trinajstić information content (AvgIpc) is 2.17. The van der Waals surface area contributed by atoms with Crippen LogP contribution >= 0.6 is 15.9 Å². The Bertz CT molecular complexity index is 390. The monoisotopic (exact) mass is 269 g/mol. The molecule has 0 saturated heterocycles. The van der Waals surface area contributed by atoms with Crippen molar-refractivity contribution < 1.29 is 9.90 Å². The van der Waals surface area contributed by atoms with Crippen LogP contribution in [-0.4, -0.2) is 17.1 Å². The summed E-state index contributed by atoms with van der Waals surface area (Å²) in [5, 5.41) is 12.0. The molecule has 1 aromatic carbocycles. The maximum absolute atomic E-state index is 10.7. The summed E-state index contributed by atoms with van der Waals surface area (Å²) in [6, 6.07) is 5.18. The standard InChI is InChI=1S/C11H12BrNO2/c1-3-7(2)13-8-4-5-9(11(14)15)10(12)6-8/h3-7,13H,1H2,2H3,(H,14,15). The summed E-state index contributed by atoms with van der Waals surface area (Å²) < 4.78 is 0.566. The minimum absolute atomic E-state index is 0.146. The first-order chi connectivity index (χ1) is 7.04. The maximum atomic E-state index is 10.7. The Morgan fingerprint density at radius 1 is 1.67 bits per heavy atom. The van der Waals surface area contributed by atoms with Gasteiger partial charge in [-0.05, 0) is 41.1 Å². The Morgan fingerprint density at radius 3 is 2.80 bits per heavy atom. The van der Waals surface area contributed by atoms with Crippen LogP contribution in [0.1, 0.15) is 17.3 Å². The van der Waals surface area contributed by atoms with Crippen molar-refractivity contribution in [3.05, 3.63) is 40.9 Å². The quantitative estimate of drug-likeness (QED) is 0.826. The van der Waals surface area contributed by atoms with Gasteiger partial charge in [-0.1, -0.05) is 6.08 Å². The molecule has 2 N–H and O–H groups in total. The number of carboxylic acid groups (broad SMARTS) is 1. The second-order valence-corrected chi connectivity index (χ2v) is 4.02. The fourth-order valence-corrected chi connectivity index (χ4v) is 1.65. The van der Waals surface area contributed by atoms with E-state index < -0.39 is 5.97 Å². The second-order valence-electron chi connectivity index (χ2n) is 3.17. The van der Waals surface area contributed by atoms with Crippen molar-refractivity contribution in [1.29, 1.82) is 0 Å². The fraction of sp³-hybridized carbons (Fsp3) is 0.182. The molecule has 0 bridgehead atoms. The van der Waals surface area contributed by atoms with E-state index in [1.165, 1.54) is 0 Å². The topological polar surface area (TPSA) is 49.3 Å². The van der Waals surface area contributed by atoms with Gasteiger partial charge in [0.25, 0.3) is 0 Å². The van der Waals surface area contributed by atoms with E-state index in [2.05, 4.69) is 27.8 Å². The molecule has 4 heteroatoms. The average molecular weight is 270 g/mol. The lowest BCUT2D eigenvalue weighted by molar-refractivity contribution is 0.0696. The van der Waals surface area contributed by atoms with Gasteiger partial charge in [-0.2, -0.15) is 0 Å². The van der Waals surface area contributed by atoms with Gasteiger partial charge in [-0.3, -0.25) is 0 Å². The molecule has 0 aliphatic heterocycles. The zero-order chi connectivity index (χ0) is 11.4. The number of rotatable bonds is 4. The van der Waals surface area contributed by atoms with Crippen LogP contribution in [0.5, 0.6) is 0 Å². The third-order valence-corrected chi connectivity index (χ3v) is 2.60. The van der Waals surface area contributed by atoms with E-state index in [9.17, 15) is 4.79 Å². The Labute approximate surface area is 96.9 Å². The first-order valence-electron chi connectivity index (χ1n) is 4.46. The molecule has 15 heavy (non-hydrogen) atoms. The summed E-state index contributed by atoms with van der Waals surface area (Å²) in [7, 11) is 0. The largest absolute Gasteiger partial charge is 0.478 e. The van der Waals surface area contributed by atoms with Gasteiger partial charge in [0.15, 0.2) is 0 Å². The van der Waals surface area contributed by atoms with Crippen molar-refractivity contribution in [2.75, 3.05) is 5.32 Å². The van der Waals surface area contributed by atoms with Crippen molar-refractivity contribution in [3.8, 4) is 0 Å². The zero-order valence-electron chi connectivity index (χ0n) is 8.33. The van der Waals surface area contributed by atoms with Crippen LogP contribution in [0.15, 0.2) is 35.3 Å². The number of hydrogen-bond acceptors (Lipinski definition) is 2. The molecule has 0 aromatic heterocycles. The smallest absolute Gasteiger partial charge is 0.336 e. The molecule has 0 spiro atoms. The molecule has 0 amide bonds. The number of anilines is 1. The molecular formula is C11H12BrNO2. The van der Waals surface area contributed by atoms with Gasteiger partial charge in [0.1, 0.15) is 0 Å². The fourth-order valence-electron chi connectivity index (χ4n) is 1.10. The molecule has 1 rings (SSSR count). The molecule has 0 saturated carbocycles. The molecule has 0 heterocycles. The number of hydrogen-bond donors (Lipinski definition) is 2. The molecule has 0 radical (unpaired) electrons. The highest BCUT2D eigenvalue weighted by atomic mass is 79.9. The summed E-state index contributed by atoms with van der Waals surface area (Å²) in [4.78, 5) is 10.7. The van der Waals surface area contributed by atoms with Gasteiger partial charge < -0.3 is 10.4 Å². The molecule has 80 valence electrons. The van der Waals surface area contributed by atoms with E-state index >= 15 is 0 Å². The maximum Gasteiger partial charge on any atom is 0.336 e. The third kappa shape index (κ3) is 3.09. The summed E-state index contributed by atoms with van der Waals surface area (Å²) in [6.45, 7) is 5.62. The summed E-state index contributed by atoms with van der Waals surface area (Å²) >= 11 is 3.21. The highest BCUT2D eigenvalue weighted by Gasteiger charge is 2.08. The first kappa shape index (κ1) is 11.8. The minimum atomic E-state index is -0.940. The molecule has 1 atom stereocenters. The summed E-state index contributed by atoms with van der Waals surface area (Å²) in [5.41, 5.74) is 1.12. The van der Waals surface area contributed by atoms with E-state index in [4.69, 9.17) is 5.11 Å². The Morgan fingerprint density at radius 2 is 2.33 bits per heavy atom. The number of halogens is 1. The summed E-state index contributed by atoms with van der Waals surface area (Å²) in [6.07, 6.45) is 1.78. The van der Waals surface area contributed by atoms with Crippen LogP contribution in [0.2, 0.25) is 0 Å². The van der Waals surface area contributed by atoms with Crippen LogP contribution in [0, 0.1) is 0 Å². The van der Waals surface area contributed by atoms with E-state index in [-0.39, 0.29) is 11.6 Å². The van der Waals surface area contributed by atoms with Gasteiger partial charge in [-0.15, -0.1) is 6.58 Å². The van der Waals surface area contributed by atoms with Crippen LogP contribution in [0.25, 0.3) is 0 Å². The van der Waals surface area contributed by atoms with E-state index in [1.807, 2.05) is 6.92 Å². The van der Waals surface area contributed by atoms with E-state index in [0.29, 0.717) is 4.47 Å². The number of carboxylic acids is 1. The SMILES string of the molecule is C=CC(C)Nc1ccc(C(=O)O)c(Br)c1. The number of aromatic carboxylic acids is 1. The molecule has 0 aliphatic carbocycles. The van der Waals surface area contributed by atoms with Crippen LogP contribution < -0.4 is 5.32 Å². The number of nitrogens with one attached hydrogen (secondary N) is 1. The first-order valence-corrected chi connectivity index (χ1v) is 5.26. The predicted octanol–water partition coefficient (Wildman–Crippen LogP) is 3.13. The third-order valence-electron chi connectivity index (χ3n) is 1.95. The predicted molar refractivity (Wildman–Crippen MR) is 64.4 cm³/mol. The van der Waals surface area contributed by atoms with Gasteiger partial charge >= 0.3 is 5.97 Å². The van der Waals surface area contributed by atoms with Gasteiger partial charge in [0.2, 0.25) is 0 Å². The summed E-state index contributed by atoms with van der Waals surface area (Å²) in [5.74, 6) is -0.940. The van der Waals surface area contributed by atoms with Gasteiger partial charge in [-0.25, -0.2) is 4.79 Å². The van der Waals surface area contributed by atoms with Crippen molar-refractivity contribution >= 4 is 27.6 Å². The van der Waals surface area contributed by atoms with Crippen molar-refractivity contribution in [2.45, 2.75) is 13.0 Å². The lowest BCUT2D eigenvalue weighted by atomic mass is 10.2. The lowest BCUT2D eigenvalue weighted by Gasteiger charge is -2.11. The Kier molecular flexibility index (Phi) is 3.91. The van der Waals surface area contributed by atoms with Gasteiger partial charge in [0, 0.05) is 16.2 Å². The van der Waals surface area contributed by atoms with Crippen molar-refractivity contribution in [1.82, 2.24) is 0 Å². The zero-order valence-corrected chi connectivity index (χ0v) is 9.91. The van der Waals surface area contributed by atoms with Gasteiger partial charge in [0.05, 0.1) is 5.56 Å². The lowest BCUT2D eigenvalue weighted by Crippen LogP contribution is -2.11. The van der Waals surface area contributed by atoms with Crippen LogP contribution in [0.4, 0.5) is 5.69 Å². The second kappa shape index (κ2) is 4.98. The van der Waals surface area contributed by atoms with E-state index in [0.717, 1.165) is 5.69 Å². The highest BCUT2D eigenvalue weighted by Crippen LogP contribution is 2.22. The molecular weight excluding hydrogens is 258 g/mol. The molecule has 1 aromatic rings. The molecule has 0 aliphatic rings. The minimum Gasteiger partial charge on any atom is -0.478 e. The normalized spacial score (nSPS) is 11.9. The van der Waals surface area contributed by atoms with Crippen LogP contribution in [0.3, 0.4) is 0 Å². The Balaban J connectivity index is 2.91. The molecule has 1 unspecified atom stereocenters. The van der Waals surface area contributed by atoms with Crippen molar-refractivity contribution in [2.24, 2.45) is 0 Å². The van der Waals surface area contributed by atoms with E-state index in [1.54, 1.807) is 24.3 Å². The van der Waals surface area contributed by atoms with Crippen molar-refractivity contribution in [3.63, 3.8) is 0 Å².